The summed E-state index contributed by atoms with van der Waals surface area (Å²) in [6.07, 6.45) is 1.08. The maximum Gasteiger partial charge on any atom is 0.253 e. The SMILES string of the molecule is Cc1ccc(OCCN(C)C(=O)c2ccc(C)c(NS(C)(=O)=O)c2)cc1. The van der Waals surface area contributed by atoms with E-state index in [1.165, 1.54) is 0 Å². The molecule has 1 N–H and O–H groups in total. The minimum Gasteiger partial charge on any atom is -0.492 e. The lowest BCUT2D eigenvalue weighted by Gasteiger charge is -2.18. The van der Waals surface area contributed by atoms with Crippen molar-refractivity contribution in [2.75, 3.05) is 31.2 Å². The number of hydrogen-bond acceptors (Lipinski definition) is 4. The Hall–Kier alpha value is -2.54. The second kappa shape index (κ2) is 8.23. The second-order valence-corrected chi connectivity index (χ2v) is 8.04. The van der Waals surface area contributed by atoms with Crippen LogP contribution in [0.25, 0.3) is 0 Å². The Balaban J connectivity index is 1.98. The van der Waals surface area contributed by atoms with Crippen molar-refractivity contribution in [3.05, 3.63) is 59.2 Å². The molecule has 6 nitrogen and oxygen atoms in total. The van der Waals surface area contributed by atoms with Gasteiger partial charge in [-0.05, 0) is 43.7 Å². The fourth-order valence-corrected chi connectivity index (χ4v) is 2.94. The zero-order valence-corrected chi connectivity index (χ0v) is 16.3. The van der Waals surface area contributed by atoms with Crippen molar-refractivity contribution in [3.63, 3.8) is 0 Å². The molecule has 26 heavy (non-hydrogen) atoms. The molecule has 140 valence electrons. The fraction of sp³-hybridized carbons (Fsp3) is 0.316. The molecular weight excluding hydrogens is 352 g/mol. The van der Waals surface area contributed by atoms with Gasteiger partial charge in [-0.15, -0.1) is 0 Å². The van der Waals surface area contributed by atoms with Gasteiger partial charge in [0.15, 0.2) is 0 Å². The third-order valence-corrected chi connectivity index (χ3v) is 4.43. The molecule has 0 atom stereocenters. The zero-order chi connectivity index (χ0) is 19.3. The lowest BCUT2D eigenvalue weighted by atomic mass is 10.1. The fourth-order valence-electron chi connectivity index (χ4n) is 2.32. The van der Waals surface area contributed by atoms with Crippen molar-refractivity contribution >= 4 is 21.6 Å². The van der Waals surface area contributed by atoms with Crippen LogP contribution in [0.2, 0.25) is 0 Å². The molecular formula is C19H24N2O4S. The minimum absolute atomic E-state index is 0.200. The van der Waals surface area contributed by atoms with E-state index in [0.717, 1.165) is 23.1 Å². The molecule has 0 saturated heterocycles. The van der Waals surface area contributed by atoms with E-state index in [-0.39, 0.29) is 5.91 Å². The van der Waals surface area contributed by atoms with Gasteiger partial charge < -0.3 is 9.64 Å². The number of ether oxygens (including phenoxy) is 1. The highest BCUT2D eigenvalue weighted by Gasteiger charge is 2.14. The van der Waals surface area contributed by atoms with Crippen LogP contribution in [0.4, 0.5) is 5.69 Å². The van der Waals surface area contributed by atoms with E-state index in [1.54, 1.807) is 37.1 Å². The molecule has 0 aliphatic rings. The van der Waals surface area contributed by atoms with Crippen LogP contribution in [0.5, 0.6) is 5.75 Å². The van der Waals surface area contributed by atoms with Crippen LogP contribution in [0.3, 0.4) is 0 Å². The molecule has 0 aromatic heterocycles. The highest BCUT2D eigenvalue weighted by atomic mass is 32.2. The van der Waals surface area contributed by atoms with E-state index in [2.05, 4.69) is 4.72 Å². The van der Waals surface area contributed by atoms with Gasteiger partial charge in [-0.2, -0.15) is 0 Å². The summed E-state index contributed by atoms with van der Waals surface area (Å²) in [4.78, 5) is 14.1. The van der Waals surface area contributed by atoms with Crippen molar-refractivity contribution < 1.29 is 17.9 Å². The molecule has 7 heteroatoms. The molecule has 2 aromatic carbocycles. The van der Waals surface area contributed by atoms with E-state index < -0.39 is 10.0 Å². The monoisotopic (exact) mass is 376 g/mol. The molecule has 0 aliphatic carbocycles. The number of nitrogens with one attached hydrogen (secondary N) is 1. The summed E-state index contributed by atoms with van der Waals surface area (Å²) in [7, 11) is -1.72. The summed E-state index contributed by atoms with van der Waals surface area (Å²) < 4.78 is 31.0. The van der Waals surface area contributed by atoms with Gasteiger partial charge in [-0.1, -0.05) is 23.8 Å². The number of carbonyl (C=O) groups excluding carboxylic acids is 1. The molecule has 2 rings (SSSR count). The Labute approximate surface area is 154 Å². The first-order valence-corrected chi connectivity index (χ1v) is 10.1. The zero-order valence-electron chi connectivity index (χ0n) is 15.4. The van der Waals surface area contributed by atoms with Crippen LogP contribution in [-0.2, 0) is 10.0 Å². The van der Waals surface area contributed by atoms with Gasteiger partial charge in [0, 0.05) is 12.6 Å². The van der Waals surface area contributed by atoms with Gasteiger partial charge in [0.05, 0.1) is 18.5 Å². The number of anilines is 1. The molecule has 0 saturated carbocycles. The van der Waals surface area contributed by atoms with Crippen molar-refractivity contribution in [3.8, 4) is 5.75 Å². The summed E-state index contributed by atoms with van der Waals surface area (Å²) in [6, 6.07) is 12.7. The van der Waals surface area contributed by atoms with E-state index in [1.807, 2.05) is 31.2 Å². The summed E-state index contributed by atoms with van der Waals surface area (Å²) in [6.45, 7) is 4.56. The largest absolute Gasteiger partial charge is 0.492 e. The first-order chi connectivity index (χ1) is 12.2. The number of amides is 1. The van der Waals surface area contributed by atoms with Crippen LogP contribution in [0, 0.1) is 13.8 Å². The highest BCUT2D eigenvalue weighted by molar-refractivity contribution is 7.92. The number of sulfonamides is 1. The summed E-state index contributed by atoms with van der Waals surface area (Å²) >= 11 is 0. The van der Waals surface area contributed by atoms with E-state index in [0.29, 0.717) is 24.4 Å². The summed E-state index contributed by atoms with van der Waals surface area (Å²) in [5.41, 5.74) is 2.72. The Kier molecular flexibility index (Phi) is 6.26. The first-order valence-electron chi connectivity index (χ1n) is 8.19. The predicted octanol–water partition coefficient (Wildman–Crippen LogP) is 2.83. The lowest BCUT2D eigenvalue weighted by molar-refractivity contribution is 0.0774. The first kappa shape index (κ1) is 19.8. The van der Waals surface area contributed by atoms with Gasteiger partial charge in [0.1, 0.15) is 12.4 Å². The number of likely N-dealkylation sites (N-methyl/N-ethyl adjacent to an activating group) is 1. The average molecular weight is 376 g/mol. The molecule has 0 spiro atoms. The Morgan fingerprint density at radius 3 is 2.38 bits per heavy atom. The van der Waals surface area contributed by atoms with Crippen molar-refractivity contribution in [2.24, 2.45) is 0 Å². The normalized spacial score (nSPS) is 11.1. The number of rotatable bonds is 7. The lowest BCUT2D eigenvalue weighted by Crippen LogP contribution is -2.31. The van der Waals surface area contributed by atoms with Crippen LogP contribution in [-0.4, -0.2) is 45.7 Å². The quantitative estimate of drug-likeness (QED) is 0.806. The minimum atomic E-state index is -3.41. The van der Waals surface area contributed by atoms with E-state index >= 15 is 0 Å². The van der Waals surface area contributed by atoms with Crippen LogP contribution in [0.1, 0.15) is 21.5 Å². The Bertz CT molecular complexity index is 877. The third-order valence-electron chi connectivity index (χ3n) is 3.84. The maximum atomic E-state index is 12.6. The molecule has 0 aliphatic heterocycles. The third kappa shape index (κ3) is 5.77. The van der Waals surface area contributed by atoms with Crippen LogP contribution < -0.4 is 9.46 Å². The number of nitrogens with zero attached hydrogens (tertiary/aromatic N) is 1. The highest BCUT2D eigenvalue weighted by Crippen LogP contribution is 2.19. The molecule has 0 fully saturated rings. The van der Waals surface area contributed by atoms with Crippen molar-refractivity contribution in [1.82, 2.24) is 4.90 Å². The van der Waals surface area contributed by atoms with Gasteiger partial charge in [-0.25, -0.2) is 8.42 Å². The van der Waals surface area contributed by atoms with E-state index in [9.17, 15) is 13.2 Å². The Morgan fingerprint density at radius 1 is 1.12 bits per heavy atom. The molecule has 0 heterocycles. The standard InChI is InChI=1S/C19H24N2O4S/c1-14-5-9-17(10-6-14)25-12-11-21(3)19(22)16-8-7-15(2)18(13-16)20-26(4,23)24/h5-10,13,20H,11-12H2,1-4H3. The van der Waals surface area contributed by atoms with Gasteiger partial charge in [0.2, 0.25) is 10.0 Å². The number of aryl methyl sites for hydroxylation is 2. The van der Waals surface area contributed by atoms with Crippen molar-refractivity contribution in [2.45, 2.75) is 13.8 Å². The number of hydrogen-bond donors (Lipinski definition) is 1. The van der Waals surface area contributed by atoms with E-state index in [4.69, 9.17) is 4.74 Å². The second-order valence-electron chi connectivity index (χ2n) is 6.29. The smallest absolute Gasteiger partial charge is 0.253 e. The van der Waals surface area contributed by atoms with Gasteiger partial charge >= 0.3 is 0 Å². The molecule has 0 bridgehead atoms. The topological polar surface area (TPSA) is 75.7 Å². The molecule has 0 unspecified atom stereocenters. The molecule has 2 aromatic rings. The molecule has 0 radical (unpaired) electrons. The Morgan fingerprint density at radius 2 is 1.77 bits per heavy atom. The maximum absolute atomic E-state index is 12.6. The van der Waals surface area contributed by atoms with Crippen LogP contribution >= 0.6 is 0 Å². The van der Waals surface area contributed by atoms with Gasteiger partial charge in [0.25, 0.3) is 5.91 Å². The molecule has 1 amide bonds. The van der Waals surface area contributed by atoms with Crippen molar-refractivity contribution in [1.29, 1.82) is 0 Å². The number of benzene rings is 2. The predicted molar refractivity (Wildman–Crippen MR) is 103 cm³/mol. The summed E-state index contributed by atoms with van der Waals surface area (Å²) in [5, 5.41) is 0. The summed E-state index contributed by atoms with van der Waals surface area (Å²) in [5.74, 6) is 0.556. The van der Waals surface area contributed by atoms with Crippen LogP contribution in [0.15, 0.2) is 42.5 Å². The number of carbonyl (C=O) groups is 1. The van der Waals surface area contributed by atoms with Gasteiger partial charge in [-0.3, -0.25) is 9.52 Å². The average Bonchev–Trinajstić information content (AvgIpc) is 2.56.